The first-order valence-corrected chi connectivity index (χ1v) is 10.6. The van der Waals surface area contributed by atoms with Crippen molar-refractivity contribution in [2.75, 3.05) is 10.8 Å². The molecule has 0 fully saturated rings. The van der Waals surface area contributed by atoms with Gasteiger partial charge in [0.05, 0.1) is 25.7 Å². The van der Waals surface area contributed by atoms with Gasteiger partial charge in [0.1, 0.15) is 0 Å². The number of nitrogens with zero attached hydrogens (tertiary/aromatic N) is 1. The van der Waals surface area contributed by atoms with Crippen molar-refractivity contribution in [1.29, 1.82) is 0 Å². The van der Waals surface area contributed by atoms with Crippen LogP contribution in [0.3, 0.4) is 0 Å². The lowest BCUT2D eigenvalue weighted by atomic mass is 10.3. The van der Waals surface area contributed by atoms with Crippen molar-refractivity contribution in [3.63, 3.8) is 0 Å². The van der Waals surface area contributed by atoms with E-state index >= 15 is 0 Å². The van der Waals surface area contributed by atoms with Gasteiger partial charge in [0.25, 0.3) is 10.0 Å². The van der Waals surface area contributed by atoms with Crippen LogP contribution in [0.25, 0.3) is 0 Å². The molecule has 140 valence electrons. The molecule has 0 radical (unpaired) electrons. The molecule has 0 saturated heterocycles. The molecule has 0 bridgehead atoms. The number of hydrogen-bond donors (Lipinski definition) is 1. The Morgan fingerprint density at radius 1 is 1.04 bits per heavy atom. The van der Waals surface area contributed by atoms with Gasteiger partial charge < -0.3 is 5.11 Å². The Hall–Kier alpha value is -0.990. The van der Waals surface area contributed by atoms with Crippen molar-refractivity contribution in [2.24, 2.45) is 0 Å². The normalized spacial score (nSPS) is 11.4. The monoisotopic (exact) mass is 499 g/mol. The minimum absolute atomic E-state index is 0.0593. The lowest BCUT2D eigenvalue weighted by Gasteiger charge is -2.25. The van der Waals surface area contributed by atoms with Crippen LogP contribution in [0.15, 0.2) is 45.8 Å². The second-order valence-corrected chi connectivity index (χ2v) is 9.25. The van der Waals surface area contributed by atoms with Gasteiger partial charge in [0.2, 0.25) is 0 Å². The van der Waals surface area contributed by atoms with Crippen LogP contribution >= 0.6 is 50.7 Å². The highest BCUT2D eigenvalue weighted by Gasteiger charge is 2.27. The van der Waals surface area contributed by atoms with E-state index in [0.717, 1.165) is 4.31 Å². The molecule has 1 N–H and O–H groups in total. The number of anilines is 1. The standard InChI is InChI=1S/C16H13BrCl3NO4S/c17-10-3-6-15(14(20)8-10)21(7-1-2-16(22)23)26(24,25)11-4-5-12(18)13(19)9-11/h3-6,8-9H,1-2,7H2,(H,22,23). The number of carbonyl (C=O) groups is 1. The molecule has 26 heavy (non-hydrogen) atoms. The van der Waals surface area contributed by atoms with Gasteiger partial charge in [-0.3, -0.25) is 9.10 Å². The number of aliphatic carboxylic acids is 1. The van der Waals surface area contributed by atoms with Gasteiger partial charge in [-0.2, -0.15) is 0 Å². The average molecular weight is 502 g/mol. The summed E-state index contributed by atoms with van der Waals surface area (Å²) in [5, 5.41) is 9.37. The van der Waals surface area contributed by atoms with Crippen LogP contribution in [0.4, 0.5) is 5.69 Å². The van der Waals surface area contributed by atoms with Crippen LogP contribution in [0.1, 0.15) is 12.8 Å². The van der Waals surface area contributed by atoms with Crippen LogP contribution in [-0.2, 0) is 14.8 Å². The van der Waals surface area contributed by atoms with E-state index in [-0.39, 0.29) is 45.0 Å². The highest BCUT2D eigenvalue weighted by Crippen LogP contribution is 2.34. The zero-order valence-corrected chi connectivity index (χ0v) is 17.8. The summed E-state index contributed by atoms with van der Waals surface area (Å²) in [7, 11) is -4.03. The van der Waals surface area contributed by atoms with E-state index in [2.05, 4.69) is 15.9 Å². The summed E-state index contributed by atoms with van der Waals surface area (Å²) >= 11 is 21.3. The second kappa shape index (κ2) is 8.80. The van der Waals surface area contributed by atoms with Crippen LogP contribution < -0.4 is 4.31 Å². The van der Waals surface area contributed by atoms with Crippen LogP contribution in [0, 0.1) is 0 Å². The molecular formula is C16H13BrCl3NO4S. The first-order valence-electron chi connectivity index (χ1n) is 7.27. The first kappa shape index (κ1) is 21.3. The predicted molar refractivity (Wildman–Crippen MR) is 107 cm³/mol. The maximum Gasteiger partial charge on any atom is 0.303 e. The van der Waals surface area contributed by atoms with E-state index in [4.69, 9.17) is 39.9 Å². The maximum atomic E-state index is 13.1. The van der Waals surface area contributed by atoms with Crippen molar-refractivity contribution >= 4 is 72.4 Å². The van der Waals surface area contributed by atoms with E-state index in [0.29, 0.717) is 4.47 Å². The lowest BCUT2D eigenvalue weighted by Crippen LogP contribution is -2.32. The Morgan fingerprint density at radius 3 is 2.31 bits per heavy atom. The summed E-state index contributed by atoms with van der Waals surface area (Å²) in [6.07, 6.45) is -0.0657. The third-order valence-corrected chi connectivity index (χ3v) is 6.75. The molecule has 0 aliphatic heterocycles. The molecule has 2 rings (SSSR count). The first-order chi connectivity index (χ1) is 12.1. The van der Waals surface area contributed by atoms with Gasteiger partial charge in [-0.1, -0.05) is 50.7 Å². The van der Waals surface area contributed by atoms with Crippen molar-refractivity contribution in [3.8, 4) is 0 Å². The summed E-state index contributed by atoms with van der Waals surface area (Å²) in [5.74, 6) is -1.02. The molecule has 5 nitrogen and oxygen atoms in total. The fourth-order valence-electron chi connectivity index (χ4n) is 2.19. The summed E-state index contributed by atoms with van der Waals surface area (Å²) in [6.45, 7) is -0.0593. The molecule has 0 aliphatic carbocycles. The molecule has 0 atom stereocenters. The summed E-state index contributed by atoms with van der Waals surface area (Å²) in [6, 6.07) is 8.72. The molecule has 0 aliphatic rings. The molecule has 10 heteroatoms. The van der Waals surface area contributed by atoms with Crippen molar-refractivity contribution in [3.05, 3.63) is 55.9 Å². The quantitative estimate of drug-likeness (QED) is 0.546. The summed E-state index contributed by atoms with van der Waals surface area (Å²) in [5.41, 5.74) is 0.242. The predicted octanol–water partition coefficient (Wildman–Crippen LogP) is 5.47. The molecule has 2 aromatic rings. The largest absolute Gasteiger partial charge is 0.481 e. The third kappa shape index (κ3) is 5.04. The number of rotatable bonds is 7. The third-order valence-electron chi connectivity index (χ3n) is 3.41. The van der Waals surface area contributed by atoms with E-state index < -0.39 is 16.0 Å². The summed E-state index contributed by atoms with van der Waals surface area (Å²) in [4.78, 5) is 10.7. The topological polar surface area (TPSA) is 74.7 Å². The maximum absolute atomic E-state index is 13.1. The fourth-order valence-corrected chi connectivity index (χ4v) is 4.93. The van der Waals surface area contributed by atoms with Gasteiger partial charge in [0, 0.05) is 17.4 Å². The lowest BCUT2D eigenvalue weighted by molar-refractivity contribution is -0.137. The molecule has 0 amide bonds. The molecule has 0 unspecified atom stereocenters. The van der Waals surface area contributed by atoms with E-state index in [9.17, 15) is 13.2 Å². The van der Waals surface area contributed by atoms with E-state index in [1.54, 1.807) is 18.2 Å². The van der Waals surface area contributed by atoms with Gasteiger partial charge in [-0.15, -0.1) is 0 Å². The fraction of sp³-hybridized carbons (Fsp3) is 0.188. The molecule has 0 aromatic heterocycles. The van der Waals surface area contributed by atoms with Crippen molar-refractivity contribution in [2.45, 2.75) is 17.7 Å². The second-order valence-electron chi connectivity index (χ2n) is 5.25. The molecule has 0 heterocycles. The van der Waals surface area contributed by atoms with E-state index in [1.807, 2.05) is 0 Å². The highest BCUT2D eigenvalue weighted by atomic mass is 79.9. The van der Waals surface area contributed by atoms with Gasteiger partial charge in [-0.25, -0.2) is 8.42 Å². The van der Waals surface area contributed by atoms with Crippen LogP contribution in [0.5, 0.6) is 0 Å². The average Bonchev–Trinajstić information content (AvgIpc) is 2.54. The van der Waals surface area contributed by atoms with Gasteiger partial charge in [0.15, 0.2) is 0 Å². The van der Waals surface area contributed by atoms with Crippen molar-refractivity contribution in [1.82, 2.24) is 0 Å². The minimum atomic E-state index is -4.03. The number of carboxylic acid groups (broad SMARTS) is 1. The summed E-state index contributed by atoms with van der Waals surface area (Å²) < 4.78 is 28.0. The Kier molecular flexibility index (Phi) is 7.21. The zero-order valence-electron chi connectivity index (χ0n) is 13.1. The SMILES string of the molecule is O=C(O)CCCN(c1ccc(Br)cc1Cl)S(=O)(=O)c1ccc(Cl)c(Cl)c1. The van der Waals surface area contributed by atoms with Crippen molar-refractivity contribution < 1.29 is 18.3 Å². The Bertz CT molecular complexity index is 937. The van der Waals surface area contributed by atoms with E-state index in [1.165, 1.54) is 18.2 Å². The molecule has 0 saturated carbocycles. The number of halogens is 4. The van der Waals surface area contributed by atoms with Gasteiger partial charge in [-0.05, 0) is 42.8 Å². The van der Waals surface area contributed by atoms with Crippen LogP contribution in [-0.4, -0.2) is 26.0 Å². The van der Waals surface area contributed by atoms with Gasteiger partial charge >= 0.3 is 5.97 Å². The number of hydrogen-bond acceptors (Lipinski definition) is 3. The Morgan fingerprint density at radius 2 is 1.73 bits per heavy atom. The molecule has 0 spiro atoms. The Labute approximate surface area is 174 Å². The number of sulfonamides is 1. The zero-order chi connectivity index (χ0) is 19.5. The van der Waals surface area contributed by atoms with Crippen LogP contribution in [0.2, 0.25) is 15.1 Å². The molecule has 2 aromatic carbocycles. The Balaban J connectivity index is 2.50. The number of benzene rings is 2. The highest BCUT2D eigenvalue weighted by molar-refractivity contribution is 9.10. The number of carboxylic acids is 1. The smallest absolute Gasteiger partial charge is 0.303 e. The molecular weight excluding hydrogens is 489 g/mol. The minimum Gasteiger partial charge on any atom is -0.481 e.